The number of aromatic nitrogens is 1. The highest BCUT2D eigenvalue weighted by Crippen LogP contribution is 2.29. The maximum absolute atomic E-state index is 11.5. The molecule has 0 aliphatic rings. The molecule has 0 amide bonds. The molecule has 0 unspecified atom stereocenters. The van der Waals surface area contributed by atoms with E-state index in [0.29, 0.717) is 18.6 Å². The summed E-state index contributed by atoms with van der Waals surface area (Å²) in [6.45, 7) is 9.22. The molecule has 0 saturated carbocycles. The van der Waals surface area contributed by atoms with Crippen LogP contribution < -0.4 is 0 Å². The van der Waals surface area contributed by atoms with Crippen molar-refractivity contribution in [1.29, 1.82) is 0 Å². The fraction of sp³-hybridized carbons (Fsp3) is 0.643. The summed E-state index contributed by atoms with van der Waals surface area (Å²) in [5, 5.41) is 3.99. The van der Waals surface area contributed by atoms with Crippen molar-refractivity contribution in [1.82, 2.24) is 5.16 Å². The number of hydrogen-bond donors (Lipinski definition) is 0. The molecule has 0 aliphatic heterocycles. The molecule has 0 fully saturated rings. The lowest BCUT2D eigenvalue weighted by atomic mass is 9.83. The second kappa shape index (κ2) is 5.04. The Kier molecular flexibility index (Phi) is 4.09. The maximum atomic E-state index is 11.5. The second-order valence-electron chi connectivity index (χ2n) is 6.05. The Bertz CT molecular complexity index is 444. The van der Waals surface area contributed by atoms with Crippen molar-refractivity contribution in [2.45, 2.75) is 52.9 Å². The molecule has 1 aromatic rings. The molecule has 1 heterocycles. The number of rotatable bonds is 6. The van der Waals surface area contributed by atoms with E-state index in [1.807, 2.05) is 33.8 Å². The molecule has 4 heteroatoms. The molecular weight excluding hydrogens is 230 g/mol. The summed E-state index contributed by atoms with van der Waals surface area (Å²) in [5.74, 6) is 0.808. The van der Waals surface area contributed by atoms with Gasteiger partial charge in [-0.15, -0.1) is 0 Å². The molecule has 1 aromatic heterocycles. The van der Waals surface area contributed by atoms with Crippen LogP contribution in [0.15, 0.2) is 10.6 Å². The summed E-state index contributed by atoms with van der Waals surface area (Å²) < 4.78 is 5.29. The topological polar surface area (TPSA) is 60.2 Å². The first-order valence-electron chi connectivity index (χ1n) is 6.10. The molecule has 0 saturated heterocycles. The van der Waals surface area contributed by atoms with Crippen LogP contribution in [0.1, 0.15) is 52.5 Å². The van der Waals surface area contributed by atoms with Crippen molar-refractivity contribution in [2.24, 2.45) is 5.41 Å². The third-order valence-corrected chi connectivity index (χ3v) is 3.40. The van der Waals surface area contributed by atoms with Crippen molar-refractivity contribution in [3.8, 4) is 0 Å². The number of Topliss-reactive ketones (excluding diaryl/α,β-unsaturated/α-hetero) is 1. The Morgan fingerprint density at radius 3 is 2.50 bits per heavy atom. The Morgan fingerprint density at radius 2 is 2.00 bits per heavy atom. The average Bonchev–Trinajstić information content (AvgIpc) is 2.65. The van der Waals surface area contributed by atoms with Crippen molar-refractivity contribution >= 4 is 12.1 Å². The molecule has 0 N–H and O–H groups in total. The van der Waals surface area contributed by atoms with Gasteiger partial charge >= 0.3 is 0 Å². The fourth-order valence-electron chi connectivity index (χ4n) is 1.60. The summed E-state index contributed by atoms with van der Waals surface area (Å²) in [5.41, 5.74) is -0.0415. The van der Waals surface area contributed by atoms with E-state index >= 15 is 0 Å². The van der Waals surface area contributed by atoms with E-state index in [-0.39, 0.29) is 11.2 Å². The molecule has 4 nitrogen and oxygen atoms in total. The van der Waals surface area contributed by atoms with Gasteiger partial charge in [-0.3, -0.25) is 4.79 Å². The molecule has 0 radical (unpaired) electrons. The van der Waals surface area contributed by atoms with E-state index in [9.17, 15) is 9.59 Å². The highest BCUT2D eigenvalue weighted by atomic mass is 16.5. The van der Waals surface area contributed by atoms with Crippen LogP contribution in [0.5, 0.6) is 0 Å². The molecule has 0 atom stereocenters. The Balaban J connectivity index is 2.88. The zero-order valence-corrected chi connectivity index (χ0v) is 11.7. The number of carbonyl (C=O) groups is 2. The van der Waals surface area contributed by atoms with E-state index in [0.717, 1.165) is 12.0 Å². The van der Waals surface area contributed by atoms with Gasteiger partial charge in [0, 0.05) is 29.7 Å². The van der Waals surface area contributed by atoms with Gasteiger partial charge in [0.2, 0.25) is 0 Å². The molecule has 18 heavy (non-hydrogen) atoms. The van der Waals surface area contributed by atoms with Gasteiger partial charge in [0.25, 0.3) is 0 Å². The SMILES string of the molecule is CC(=O)C(C)(C)Cc1cc(C(C)(C)CC=O)on1. The molecule has 1 rings (SSSR count). The van der Waals surface area contributed by atoms with Gasteiger partial charge in [-0.2, -0.15) is 0 Å². The standard InChI is InChI=1S/C14H21NO3/c1-10(17)14(4,5)9-11-8-12(18-15-11)13(2,3)6-7-16/h7-8H,6,9H2,1-5H3. The first-order chi connectivity index (χ1) is 8.19. The van der Waals surface area contributed by atoms with Gasteiger partial charge in [-0.1, -0.05) is 32.9 Å². The van der Waals surface area contributed by atoms with Gasteiger partial charge in [0.1, 0.15) is 17.8 Å². The fourth-order valence-corrected chi connectivity index (χ4v) is 1.60. The van der Waals surface area contributed by atoms with Crippen LogP contribution in [0.2, 0.25) is 0 Å². The smallest absolute Gasteiger partial charge is 0.143 e. The number of aldehydes is 1. The van der Waals surface area contributed by atoms with E-state index in [1.54, 1.807) is 6.92 Å². The summed E-state index contributed by atoms with van der Waals surface area (Å²) in [4.78, 5) is 22.1. The normalized spacial score (nSPS) is 12.5. The minimum absolute atomic E-state index is 0.124. The monoisotopic (exact) mass is 251 g/mol. The Morgan fingerprint density at radius 1 is 1.39 bits per heavy atom. The molecule has 0 spiro atoms. The molecule has 0 bridgehead atoms. The molecular formula is C14H21NO3. The molecule has 100 valence electrons. The van der Waals surface area contributed by atoms with Gasteiger partial charge in [-0.05, 0) is 6.92 Å². The van der Waals surface area contributed by atoms with Crippen LogP contribution in [0, 0.1) is 5.41 Å². The van der Waals surface area contributed by atoms with Gasteiger partial charge in [-0.25, -0.2) is 0 Å². The van der Waals surface area contributed by atoms with Gasteiger partial charge in [0.15, 0.2) is 0 Å². The largest absolute Gasteiger partial charge is 0.361 e. The van der Waals surface area contributed by atoms with Gasteiger partial charge < -0.3 is 9.32 Å². The highest BCUT2D eigenvalue weighted by molar-refractivity contribution is 5.81. The highest BCUT2D eigenvalue weighted by Gasteiger charge is 2.29. The zero-order valence-electron chi connectivity index (χ0n) is 11.7. The van der Waals surface area contributed by atoms with Crippen LogP contribution in [0.25, 0.3) is 0 Å². The van der Waals surface area contributed by atoms with Crippen molar-refractivity contribution < 1.29 is 14.1 Å². The number of carbonyl (C=O) groups excluding carboxylic acids is 2. The summed E-state index contributed by atoms with van der Waals surface area (Å²) in [7, 11) is 0. The summed E-state index contributed by atoms with van der Waals surface area (Å²) >= 11 is 0. The average molecular weight is 251 g/mol. The van der Waals surface area contributed by atoms with Gasteiger partial charge in [0.05, 0.1) is 5.69 Å². The minimum Gasteiger partial charge on any atom is -0.361 e. The lowest BCUT2D eigenvalue weighted by molar-refractivity contribution is -0.124. The number of hydrogen-bond acceptors (Lipinski definition) is 4. The lowest BCUT2D eigenvalue weighted by Crippen LogP contribution is -2.24. The van der Waals surface area contributed by atoms with E-state index < -0.39 is 5.41 Å². The van der Waals surface area contributed by atoms with Crippen LogP contribution in [-0.4, -0.2) is 17.2 Å². The predicted molar refractivity (Wildman–Crippen MR) is 68.4 cm³/mol. The van der Waals surface area contributed by atoms with Crippen molar-refractivity contribution in [3.05, 3.63) is 17.5 Å². The Labute approximate surface area is 108 Å². The first-order valence-corrected chi connectivity index (χ1v) is 6.10. The summed E-state index contributed by atoms with van der Waals surface area (Å²) in [6, 6.07) is 1.84. The van der Waals surface area contributed by atoms with E-state index in [1.165, 1.54) is 0 Å². The maximum Gasteiger partial charge on any atom is 0.143 e. The van der Waals surface area contributed by atoms with Crippen molar-refractivity contribution in [3.63, 3.8) is 0 Å². The zero-order chi connectivity index (χ0) is 14.0. The molecule has 0 aromatic carbocycles. The quantitative estimate of drug-likeness (QED) is 0.729. The minimum atomic E-state index is -0.442. The number of ketones is 1. The number of nitrogens with zero attached hydrogens (tertiary/aromatic N) is 1. The summed E-state index contributed by atoms with van der Waals surface area (Å²) in [6.07, 6.45) is 1.81. The lowest BCUT2D eigenvalue weighted by Gasteiger charge is -2.19. The Hall–Kier alpha value is -1.45. The third-order valence-electron chi connectivity index (χ3n) is 3.40. The third kappa shape index (κ3) is 3.28. The molecule has 0 aliphatic carbocycles. The van der Waals surface area contributed by atoms with Crippen LogP contribution in [0.3, 0.4) is 0 Å². The predicted octanol–water partition coefficient (Wildman–Crippen LogP) is 2.70. The van der Waals surface area contributed by atoms with Crippen LogP contribution >= 0.6 is 0 Å². The van der Waals surface area contributed by atoms with Crippen LogP contribution in [0.4, 0.5) is 0 Å². The van der Waals surface area contributed by atoms with Crippen LogP contribution in [-0.2, 0) is 21.4 Å². The van der Waals surface area contributed by atoms with Crippen molar-refractivity contribution in [2.75, 3.05) is 0 Å². The first kappa shape index (κ1) is 14.6. The van der Waals surface area contributed by atoms with E-state index in [4.69, 9.17) is 4.52 Å². The second-order valence-corrected chi connectivity index (χ2v) is 6.05. The van der Waals surface area contributed by atoms with E-state index in [2.05, 4.69) is 5.16 Å².